The molecule has 0 saturated heterocycles. The fourth-order valence-corrected chi connectivity index (χ4v) is 0.186. The standard InChI is InChI=1S/C3HCl2F3/c4-1-2(5)3(6,7)8/h1H/b2-1+. The van der Waals surface area contributed by atoms with Crippen molar-refractivity contribution in [2.24, 2.45) is 0 Å². The van der Waals surface area contributed by atoms with Crippen molar-refractivity contribution in [3.8, 4) is 0 Å². The van der Waals surface area contributed by atoms with Gasteiger partial charge in [0, 0.05) is 5.54 Å². The van der Waals surface area contributed by atoms with Crippen molar-refractivity contribution < 1.29 is 13.2 Å². The summed E-state index contributed by atoms with van der Waals surface area (Å²) in [5, 5.41) is -1.31. The molecule has 0 saturated carbocycles. The zero-order valence-electron chi connectivity index (χ0n) is 3.47. The molecule has 0 aromatic heterocycles. The second kappa shape index (κ2) is 2.60. The van der Waals surface area contributed by atoms with Gasteiger partial charge in [-0.25, -0.2) is 0 Å². The van der Waals surface area contributed by atoms with Crippen molar-refractivity contribution in [1.82, 2.24) is 0 Å². The SMILES string of the molecule is FC(F)(F)/C(Cl)=C\Cl. The summed E-state index contributed by atoms with van der Waals surface area (Å²) < 4.78 is 33.5. The average Bonchev–Trinajstić information content (AvgIpc) is 1.62. The maximum Gasteiger partial charge on any atom is 0.427 e. The number of halogens is 5. The highest BCUT2D eigenvalue weighted by molar-refractivity contribution is 6.37. The van der Waals surface area contributed by atoms with E-state index in [9.17, 15) is 13.2 Å². The second-order valence-electron chi connectivity index (χ2n) is 0.955. The summed E-state index contributed by atoms with van der Waals surface area (Å²) in [6.07, 6.45) is -4.50. The van der Waals surface area contributed by atoms with Crippen LogP contribution in [-0.2, 0) is 0 Å². The van der Waals surface area contributed by atoms with Gasteiger partial charge in [-0.1, -0.05) is 23.2 Å². The van der Waals surface area contributed by atoms with Gasteiger partial charge in [-0.15, -0.1) is 0 Å². The van der Waals surface area contributed by atoms with Gasteiger partial charge in [0.2, 0.25) is 0 Å². The van der Waals surface area contributed by atoms with Crippen LogP contribution in [0.5, 0.6) is 0 Å². The van der Waals surface area contributed by atoms with Crippen molar-refractivity contribution in [2.45, 2.75) is 6.18 Å². The van der Waals surface area contributed by atoms with Crippen LogP contribution in [0.1, 0.15) is 0 Å². The van der Waals surface area contributed by atoms with Crippen LogP contribution in [-0.4, -0.2) is 6.18 Å². The first-order valence-electron chi connectivity index (χ1n) is 1.51. The molecule has 0 bridgehead atoms. The van der Waals surface area contributed by atoms with Gasteiger partial charge < -0.3 is 0 Å². The number of alkyl halides is 3. The Hall–Kier alpha value is 0.110. The summed E-state index contributed by atoms with van der Waals surface area (Å²) in [6, 6.07) is 0. The molecule has 0 aromatic carbocycles. The van der Waals surface area contributed by atoms with E-state index in [0.717, 1.165) is 0 Å². The van der Waals surface area contributed by atoms with E-state index in [4.69, 9.17) is 0 Å². The van der Waals surface area contributed by atoms with Crippen LogP contribution >= 0.6 is 23.2 Å². The third-order valence-corrected chi connectivity index (χ3v) is 1.02. The predicted octanol–water partition coefficient (Wildman–Crippen LogP) is 2.87. The Bertz CT molecular complexity index is 104. The molecule has 0 aliphatic carbocycles. The minimum absolute atomic E-state index is 0.279. The van der Waals surface area contributed by atoms with Gasteiger partial charge in [-0.3, -0.25) is 0 Å². The molecule has 0 radical (unpaired) electrons. The minimum atomic E-state index is -4.50. The summed E-state index contributed by atoms with van der Waals surface area (Å²) in [5.74, 6) is 0. The smallest absolute Gasteiger partial charge is 0.165 e. The van der Waals surface area contributed by atoms with Gasteiger partial charge >= 0.3 is 6.18 Å². The maximum atomic E-state index is 11.2. The third-order valence-electron chi connectivity index (χ3n) is 0.367. The number of hydrogen-bond acceptors (Lipinski definition) is 0. The van der Waals surface area contributed by atoms with E-state index >= 15 is 0 Å². The molecule has 0 unspecified atom stereocenters. The first-order valence-corrected chi connectivity index (χ1v) is 2.33. The summed E-state index contributed by atoms with van der Waals surface area (Å²) in [7, 11) is 0. The molecule has 0 amide bonds. The van der Waals surface area contributed by atoms with Crippen molar-refractivity contribution in [3.05, 3.63) is 10.6 Å². The molecule has 0 nitrogen and oxygen atoms in total. The maximum absolute atomic E-state index is 11.2. The van der Waals surface area contributed by atoms with Crippen LogP contribution in [0.4, 0.5) is 13.2 Å². The van der Waals surface area contributed by atoms with Gasteiger partial charge in [-0.05, 0) is 0 Å². The van der Waals surface area contributed by atoms with Crippen LogP contribution < -0.4 is 0 Å². The molecule has 8 heavy (non-hydrogen) atoms. The van der Waals surface area contributed by atoms with E-state index in [1.807, 2.05) is 0 Å². The van der Waals surface area contributed by atoms with Gasteiger partial charge in [0.05, 0.1) is 0 Å². The molecular weight excluding hydrogens is 164 g/mol. The molecule has 0 aliphatic heterocycles. The van der Waals surface area contributed by atoms with Crippen LogP contribution in [0.2, 0.25) is 0 Å². The molecular formula is C3HCl2F3. The van der Waals surface area contributed by atoms with Crippen LogP contribution in [0.25, 0.3) is 0 Å². The Kier molecular flexibility index (Phi) is 2.63. The molecule has 0 rings (SSSR count). The van der Waals surface area contributed by atoms with Gasteiger partial charge in [0.25, 0.3) is 0 Å². The van der Waals surface area contributed by atoms with E-state index in [1.165, 1.54) is 0 Å². The van der Waals surface area contributed by atoms with E-state index < -0.39 is 11.2 Å². The number of allylic oxidation sites excluding steroid dienone is 1. The minimum Gasteiger partial charge on any atom is -0.165 e. The highest BCUT2D eigenvalue weighted by Gasteiger charge is 2.31. The van der Waals surface area contributed by atoms with Crippen LogP contribution in [0.3, 0.4) is 0 Å². The molecule has 48 valence electrons. The van der Waals surface area contributed by atoms with Crippen LogP contribution in [0.15, 0.2) is 10.6 Å². The molecule has 0 aliphatic rings. The van der Waals surface area contributed by atoms with Crippen molar-refractivity contribution >= 4 is 23.2 Å². The van der Waals surface area contributed by atoms with Crippen molar-refractivity contribution in [3.63, 3.8) is 0 Å². The summed E-state index contributed by atoms with van der Waals surface area (Å²) in [6.45, 7) is 0. The fraction of sp³-hybridized carbons (Fsp3) is 0.333. The molecule has 0 heterocycles. The van der Waals surface area contributed by atoms with E-state index in [1.54, 1.807) is 0 Å². The average molecular weight is 165 g/mol. The monoisotopic (exact) mass is 164 g/mol. The molecule has 5 heteroatoms. The van der Waals surface area contributed by atoms with Crippen molar-refractivity contribution in [2.75, 3.05) is 0 Å². The molecule has 0 atom stereocenters. The highest BCUT2D eigenvalue weighted by Crippen LogP contribution is 2.28. The van der Waals surface area contributed by atoms with E-state index in [-0.39, 0.29) is 5.54 Å². The lowest BCUT2D eigenvalue weighted by Gasteiger charge is -1.99. The Morgan fingerprint density at radius 3 is 1.75 bits per heavy atom. The zero-order valence-corrected chi connectivity index (χ0v) is 4.98. The van der Waals surface area contributed by atoms with E-state index in [2.05, 4.69) is 23.2 Å². The third kappa shape index (κ3) is 2.43. The Balaban J connectivity index is 4.03. The number of rotatable bonds is 0. The first kappa shape index (κ1) is 8.11. The van der Waals surface area contributed by atoms with Gasteiger partial charge in [0.15, 0.2) is 0 Å². The Morgan fingerprint density at radius 2 is 1.75 bits per heavy atom. The van der Waals surface area contributed by atoms with Gasteiger partial charge in [-0.2, -0.15) is 13.2 Å². The lowest BCUT2D eigenvalue weighted by atomic mass is 10.6. The number of hydrogen-bond donors (Lipinski definition) is 0. The lowest BCUT2D eigenvalue weighted by molar-refractivity contribution is -0.0843. The molecule has 0 aromatic rings. The lowest BCUT2D eigenvalue weighted by Crippen LogP contribution is -2.05. The predicted molar refractivity (Wildman–Crippen MR) is 25.8 cm³/mol. The quantitative estimate of drug-likeness (QED) is 0.517. The zero-order chi connectivity index (χ0) is 6.78. The normalized spacial score (nSPS) is 14.4. The first-order chi connectivity index (χ1) is 3.48. The molecule has 0 spiro atoms. The summed E-state index contributed by atoms with van der Waals surface area (Å²) >= 11 is 9.17. The summed E-state index contributed by atoms with van der Waals surface area (Å²) in [5.41, 5.74) is 0.279. The second-order valence-corrected chi connectivity index (χ2v) is 1.58. The largest absolute Gasteiger partial charge is 0.427 e. The van der Waals surface area contributed by atoms with Crippen LogP contribution in [0, 0.1) is 0 Å². The molecule has 0 N–H and O–H groups in total. The van der Waals surface area contributed by atoms with Gasteiger partial charge in [0.1, 0.15) is 5.03 Å². The van der Waals surface area contributed by atoms with Crippen molar-refractivity contribution in [1.29, 1.82) is 0 Å². The molecule has 0 fully saturated rings. The highest BCUT2D eigenvalue weighted by atomic mass is 35.5. The Morgan fingerprint density at radius 1 is 1.38 bits per heavy atom. The summed E-state index contributed by atoms with van der Waals surface area (Å²) in [4.78, 5) is 0. The Labute approximate surface area is 53.9 Å². The van der Waals surface area contributed by atoms with E-state index in [0.29, 0.717) is 0 Å². The topological polar surface area (TPSA) is 0 Å². The fourth-order valence-electron chi connectivity index (χ4n) is 0.0619.